The van der Waals surface area contributed by atoms with Crippen molar-refractivity contribution in [3.05, 3.63) is 23.2 Å². The molecule has 0 saturated heterocycles. The zero-order valence-electron chi connectivity index (χ0n) is 9.24. The maximum absolute atomic E-state index is 11.9. The van der Waals surface area contributed by atoms with Crippen molar-refractivity contribution >= 4 is 28.1 Å². The van der Waals surface area contributed by atoms with Crippen LogP contribution in [-0.2, 0) is 15.5 Å². The molecule has 0 amide bonds. The fourth-order valence-corrected chi connectivity index (χ4v) is 2.51. The molecule has 3 nitrogen and oxygen atoms in total. The molecule has 1 atom stereocenters. The van der Waals surface area contributed by atoms with E-state index in [-0.39, 0.29) is 0 Å². The average molecular weight is 262 g/mol. The maximum Gasteiger partial charge on any atom is 0.0633 e. The molecule has 90 valence electrons. The van der Waals surface area contributed by atoms with Crippen molar-refractivity contribution in [1.29, 1.82) is 0 Å². The topological polar surface area (TPSA) is 52.3 Å². The van der Waals surface area contributed by atoms with Crippen LogP contribution in [0, 0.1) is 0 Å². The van der Waals surface area contributed by atoms with Crippen molar-refractivity contribution in [2.24, 2.45) is 0 Å². The second-order valence-electron chi connectivity index (χ2n) is 3.34. The van der Waals surface area contributed by atoms with Gasteiger partial charge in [-0.2, -0.15) is 0 Å². The van der Waals surface area contributed by atoms with Gasteiger partial charge in [-0.15, -0.1) is 0 Å². The van der Waals surface area contributed by atoms with Crippen molar-refractivity contribution in [3.8, 4) is 0 Å². The van der Waals surface area contributed by atoms with Crippen LogP contribution >= 0.6 is 11.6 Å². The zero-order chi connectivity index (χ0) is 12.0. The first-order valence-electron chi connectivity index (χ1n) is 5.16. The van der Waals surface area contributed by atoms with Crippen molar-refractivity contribution < 1.29 is 8.95 Å². The van der Waals surface area contributed by atoms with Crippen molar-refractivity contribution in [2.75, 3.05) is 24.7 Å². The number of hydrogen-bond acceptors (Lipinski definition) is 3. The van der Waals surface area contributed by atoms with Gasteiger partial charge in [0, 0.05) is 17.3 Å². The highest BCUT2D eigenvalue weighted by Crippen LogP contribution is 2.21. The standard InChI is InChI=1S/C11H16ClNO2S/c1-2-5-15-6-7-16(14)11-8-9(12)3-4-10(11)13/h3-4,8H,2,5-7,13H2,1H3. The lowest BCUT2D eigenvalue weighted by Gasteiger charge is -2.06. The first-order valence-corrected chi connectivity index (χ1v) is 6.86. The highest BCUT2D eigenvalue weighted by molar-refractivity contribution is 7.85. The van der Waals surface area contributed by atoms with Crippen LogP contribution in [0.5, 0.6) is 0 Å². The monoisotopic (exact) mass is 261 g/mol. The quantitative estimate of drug-likeness (QED) is 0.632. The maximum atomic E-state index is 11.9. The summed E-state index contributed by atoms with van der Waals surface area (Å²) in [7, 11) is -1.14. The fraction of sp³-hybridized carbons (Fsp3) is 0.455. The summed E-state index contributed by atoms with van der Waals surface area (Å²) in [6.45, 7) is 3.21. The summed E-state index contributed by atoms with van der Waals surface area (Å²) in [5, 5.41) is 0.548. The summed E-state index contributed by atoms with van der Waals surface area (Å²) in [6, 6.07) is 5.00. The number of nitrogens with two attached hydrogens (primary N) is 1. The molecule has 16 heavy (non-hydrogen) atoms. The van der Waals surface area contributed by atoms with E-state index in [2.05, 4.69) is 0 Å². The Morgan fingerprint density at radius 3 is 2.88 bits per heavy atom. The first-order chi connectivity index (χ1) is 7.65. The van der Waals surface area contributed by atoms with E-state index in [1.807, 2.05) is 6.92 Å². The molecule has 0 bridgehead atoms. The van der Waals surface area contributed by atoms with Gasteiger partial charge in [0.15, 0.2) is 0 Å². The molecular weight excluding hydrogens is 246 g/mol. The van der Waals surface area contributed by atoms with Gasteiger partial charge in [0.1, 0.15) is 0 Å². The summed E-state index contributed by atoms with van der Waals surface area (Å²) in [5.74, 6) is 0.449. The average Bonchev–Trinajstić information content (AvgIpc) is 2.27. The molecule has 1 aromatic carbocycles. The first kappa shape index (κ1) is 13.5. The number of anilines is 1. The molecule has 0 aromatic heterocycles. The Balaban J connectivity index is 2.55. The van der Waals surface area contributed by atoms with Gasteiger partial charge in [-0.05, 0) is 24.6 Å². The Bertz CT molecular complexity index is 371. The van der Waals surface area contributed by atoms with Gasteiger partial charge < -0.3 is 10.5 Å². The van der Waals surface area contributed by atoms with Crippen molar-refractivity contribution in [3.63, 3.8) is 0 Å². The molecule has 0 aliphatic rings. The molecule has 0 spiro atoms. The number of hydrogen-bond donors (Lipinski definition) is 1. The third-order valence-electron chi connectivity index (χ3n) is 1.98. The Morgan fingerprint density at radius 1 is 1.44 bits per heavy atom. The third-order valence-corrected chi connectivity index (χ3v) is 3.60. The van der Waals surface area contributed by atoms with Crippen LogP contribution in [-0.4, -0.2) is 23.2 Å². The van der Waals surface area contributed by atoms with E-state index in [1.165, 1.54) is 0 Å². The third kappa shape index (κ3) is 4.12. The van der Waals surface area contributed by atoms with Crippen molar-refractivity contribution in [2.45, 2.75) is 18.2 Å². The van der Waals surface area contributed by atoms with Crippen LogP contribution in [0.1, 0.15) is 13.3 Å². The van der Waals surface area contributed by atoms with Gasteiger partial charge in [-0.1, -0.05) is 18.5 Å². The molecule has 0 aliphatic heterocycles. The summed E-state index contributed by atoms with van der Waals surface area (Å²) in [6.07, 6.45) is 0.964. The lowest BCUT2D eigenvalue weighted by atomic mass is 10.3. The van der Waals surface area contributed by atoms with E-state index in [1.54, 1.807) is 18.2 Å². The molecule has 5 heteroatoms. The van der Waals surface area contributed by atoms with E-state index in [4.69, 9.17) is 22.1 Å². The number of nitrogen functional groups attached to an aromatic ring is 1. The number of rotatable bonds is 6. The minimum absolute atomic E-state index is 0.449. The molecule has 2 N–H and O–H groups in total. The van der Waals surface area contributed by atoms with E-state index in [0.717, 1.165) is 6.42 Å². The highest BCUT2D eigenvalue weighted by Gasteiger charge is 2.08. The Morgan fingerprint density at radius 2 is 2.19 bits per heavy atom. The Labute approximate surface area is 103 Å². The molecule has 0 heterocycles. The van der Waals surface area contributed by atoms with Gasteiger partial charge >= 0.3 is 0 Å². The SMILES string of the molecule is CCCOCCS(=O)c1cc(Cl)ccc1N. The number of ether oxygens (including phenoxy) is 1. The largest absolute Gasteiger partial charge is 0.398 e. The fourth-order valence-electron chi connectivity index (χ4n) is 1.20. The second-order valence-corrected chi connectivity index (χ2v) is 5.32. The van der Waals surface area contributed by atoms with Crippen LogP contribution in [0.25, 0.3) is 0 Å². The molecule has 0 radical (unpaired) electrons. The minimum Gasteiger partial charge on any atom is -0.398 e. The van der Waals surface area contributed by atoms with Crippen LogP contribution in [0.2, 0.25) is 5.02 Å². The lowest BCUT2D eigenvalue weighted by molar-refractivity contribution is 0.150. The predicted molar refractivity (Wildman–Crippen MR) is 68.2 cm³/mol. The van der Waals surface area contributed by atoms with E-state index in [0.29, 0.717) is 34.6 Å². The lowest BCUT2D eigenvalue weighted by Crippen LogP contribution is -2.08. The van der Waals surface area contributed by atoms with Gasteiger partial charge in [0.05, 0.1) is 28.1 Å². The Kier molecular flexibility index (Phi) is 5.80. The summed E-state index contributed by atoms with van der Waals surface area (Å²) < 4.78 is 17.2. The Hall–Kier alpha value is -0.580. The number of halogens is 1. The molecule has 0 aliphatic carbocycles. The van der Waals surface area contributed by atoms with E-state index in [9.17, 15) is 4.21 Å². The molecule has 1 unspecified atom stereocenters. The molecule has 1 aromatic rings. The summed E-state index contributed by atoms with van der Waals surface area (Å²) >= 11 is 5.82. The van der Waals surface area contributed by atoms with Crippen LogP contribution in [0.3, 0.4) is 0 Å². The molecule has 0 fully saturated rings. The number of benzene rings is 1. The van der Waals surface area contributed by atoms with Gasteiger partial charge in [0.2, 0.25) is 0 Å². The second kappa shape index (κ2) is 6.89. The zero-order valence-corrected chi connectivity index (χ0v) is 10.8. The van der Waals surface area contributed by atoms with E-state index >= 15 is 0 Å². The molecular formula is C11H16ClNO2S. The predicted octanol–water partition coefficient (Wildman–Crippen LogP) is 2.46. The van der Waals surface area contributed by atoms with Crippen molar-refractivity contribution in [1.82, 2.24) is 0 Å². The van der Waals surface area contributed by atoms with Crippen LogP contribution in [0.4, 0.5) is 5.69 Å². The summed E-state index contributed by atoms with van der Waals surface area (Å²) in [5.41, 5.74) is 6.24. The smallest absolute Gasteiger partial charge is 0.0633 e. The highest BCUT2D eigenvalue weighted by atomic mass is 35.5. The summed E-state index contributed by atoms with van der Waals surface area (Å²) in [4.78, 5) is 0.590. The molecule has 0 saturated carbocycles. The minimum atomic E-state index is -1.14. The van der Waals surface area contributed by atoms with Crippen LogP contribution < -0.4 is 5.73 Å². The van der Waals surface area contributed by atoms with E-state index < -0.39 is 10.8 Å². The molecule has 1 rings (SSSR count). The normalized spacial score (nSPS) is 12.6. The van der Waals surface area contributed by atoms with Gasteiger partial charge in [-0.25, -0.2) is 0 Å². The van der Waals surface area contributed by atoms with Crippen LogP contribution in [0.15, 0.2) is 23.1 Å². The van der Waals surface area contributed by atoms with Gasteiger partial charge in [-0.3, -0.25) is 4.21 Å². The van der Waals surface area contributed by atoms with Gasteiger partial charge in [0.25, 0.3) is 0 Å².